The largest absolute Gasteiger partial charge is 0.349 e. The SMILES string of the molecule is CC(NC(=O)C1CCCN(S(=O)(=O)c2ccc(Cl)cc2)C1)c1ccccc1Cl. The van der Waals surface area contributed by atoms with E-state index in [1.807, 2.05) is 25.1 Å². The molecule has 8 heteroatoms. The molecule has 1 fully saturated rings. The van der Waals surface area contributed by atoms with Crippen molar-refractivity contribution in [1.82, 2.24) is 9.62 Å². The molecule has 1 N–H and O–H groups in total. The first kappa shape index (κ1) is 21.1. The van der Waals surface area contributed by atoms with Gasteiger partial charge in [0, 0.05) is 23.1 Å². The standard InChI is InChI=1S/C20H22Cl2N2O3S/c1-14(18-6-2-3-7-19(18)22)23-20(25)15-5-4-12-24(13-15)28(26,27)17-10-8-16(21)9-11-17/h2-3,6-11,14-15H,4-5,12-13H2,1H3,(H,23,25). The molecule has 1 amide bonds. The van der Waals surface area contributed by atoms with Crippen LogP contribution in [-0.2, 0) is 14.8 Å². The highest BCUT2D eigenvalue weighted by atomic mass is 35.5. The topological polar surface area (TPSA) is 66.5 Å². The third-order valence-corrected chi connectivity index (χ3v) is 7.41. The van der Waals surface area contributed by atoms with Crippen molar-refractivity contribution in [3.8, 4) is 0 Å². The molecule has 2 aromatic rings. The minimum absolute atomic E-state index is 0.159. The third kappa shape index (κ3) is 4.69. The fraction of sp³-hybridized carbons (Fsp3) is 0.350. The van der Waals surface area contributed by atoms with Crippen molar-refractivity contribution in [2.24, 2.45) is 5.92 Å². The van der Waals surface area contributed by atoms with Crippen LogP contribution < -0.4 is 5.32 Å². The Labute approximate surface area is 175 Å². The molecule has 1 aliphatic heterocycles. The van der Waals surface area contributed by atoms with E-state index in [0.29, 0.717) is 29.4 Å². The Morgan fingerprint density at radius 3 is 2.50 bits per heavy atom. The van der Waals surface area contributed by atoms with Gasteiger partial charge in [0.15, 0.2) is 0 Å². The molecule has 150 valence electrons. The van der Waals surface area contributed by atoms with Crippen LogP contribution in [0.1, 0.15) is 31.4 Å². The molecule has 2 unspecified atom stereocenters. The summed E-state index contributed by atoms with van der Waals surface area (Å²) >= 11 is 12.1. The van der Waals surface area contributed by atoms with Crippen LogP contribution in [0.15, 0.2) is 53.4 Å². The number of nitrogens with zero attached hydrogens (tertiary/aromatic N) is 1. The molecule has 0 spiro atoms. The molecule has 0 aliphatic carbocycles. The predicted molar refractivity (Wildman–Crippen MR) is 111 cm³/mol. The molecule has 1 aliphatic rings. The molecule has 5 nitrogen and oxygen atoms in total. The van der Waals surface area contributed by atoms with E-state index in [2.05, 4.69) is 5.32 Å². The van der Waals surface area contributed by atoms with E-state index in [-0.39, 0.29) is 23.4 Å². The van der Waals surface area contributed by atoms with Gasteiger partial charge in [0.2, 0.25) is 15.9 Å². The van der Waals surface area contributed by atoms with Crippen LogP contribution in [0.5, 0.6) is 0 Å². The van der Waals surface area contributed by atoms with E-state index < -0.39 is 15.9 Å². The first-order valence-electron chi connectivity index (χ1n) is 9.09. The molecule has 1 heterocycles. The number of sulfonamides is 1. The average molecular weight is 441 g/mol. The van der Waals surface area contributed by atoms with Crippen molar-refractivity contribution in [3.05, 3.63) is 64.1 Å². The lowest BCUT2D eigenvalue weighted by Gasteiger charge is -2.32. The second-order valence-electron chi connectivity index (χ2n) is 6.91. The van der Waals surface area contributed by atoms with Gasteiger partial charge < -0.3 is 5.32 Å². The lowest BCUT2D eigenvalue weighted by Crippen LogP contribution is -2.45. The van der Waals surface area contributed by atoms with E-state index >= 15 is 0 Å². The van der Waals surface area contributed by atoms with Gasteiger partial charge in [-0.3, -0.25) is 4.79 Å². The van der Waals surface area contributed by atoms with Gasteiger partial charge >= 0.3 is 0 Å². The van der Waals surface area contributed by atoms with Gasteiger partial charge in [0.25, 0.3) is 0 Å². The summed E-state index contributed by atoms with van der Waals surface area (Å²) in [6.07, 6.45) is 1.28. The maximum absolute atomic E-state index is 12.9. The van der Waals surface area contributed by atoms with Crippen LogP contribution in [0.3, 0.4) is 0 Å². The van der Waals surface area contributed by atoms with E-state index in [9.17, 15) is 13.2 Å². The first-order valence-corrected chi connectivity index (χ1v) is 11.3. The number of hydrogen-bond donors (Lipinski definition) is 1. The summed E-state index contributed by atoms with van der Waals surface area (Å²) in [6.45, 7) is 2.42. The number of rotatable bonds is 5. The highest BCUT2D eigenvalue weighted by molar-refractivity contribution is 7.89. The van der Waals surface area contributed by atoms with E-state index in [0.717, 1.165) is 5.56 Å². The summed E-state index contributed by atoms with van der Waals surface area (Å²) in [5.74, 6) is -0.566. The molecule has 2 aromatic carbocycles. The molecule has 3 rings (SSSR count). The number of amides is 1. The van der Waals surface area contributed by atoms with Gasteiger partial charge in [-0.25, -0.2) is 8.42 Å². The monoisotopic (exact) mass is 440 g/mol. The Morgan fingerprint density at radius 1 is 1.14 bits per heavy atom. The molecule has 0 radical (unpaired) electrons. The summed E-state index contributed by atoms with van der Waals surface area (Å²) in [6, 6.07) is 13.2. The molecule has 0 saturated carbocycles. The van der Waals surface area contributed by atoms with Gasteiger partial charge in [-0.1, -0.05) is 41.4 Å². The molecule has 0 aromatic heterocycles. The number of carbonyl (C=O) groups excluding carboxylic acids is 1. The summed E-state index contributed by atoms with van der Waals surface area (Å²) in [5.41, 5.74) is 0.832. The average Bonchev–Trinajstić information content (AvgIpc) is 2.68. The van der Waals surface area contributed by atoms with Crippen LogP contribution in [0.25, 0.3) is 0 Å². The van der Waals surface area contributed by atoms with Crippen molar-refractivity contribution < 1.29 is 13.2 Å². The van der Waals surface area contributed by atoms with Crippen LogP contribution in [0.4, 0.5) is 0 Å². The van der Waals surface area contributed by atoms with Crippen molar-refractivity contribution in [2.45, 2.75) is 30.7 Å². The maximum atomic E-state index is 12.9. The van der Waals surface area contributed by atoms with Gasteiger partial charge in [-0.2, -0.15) is 4.31 Å². The fourth-order valence-electron chi connectivity index (χ4n) is 3.37. The second-order valence-corrected chi connectivity index (χ2v) is 9.69. The second kappa shape index (κ2) is 8.82. The molecule has 28 heavy (non-hydrogen) atoms. The zero-order valence-electron chi connectivity index (χ0n) is 15.4. The molecular formula is C20H22Cl2N2O3S. The predicted octanol–water partition coefficient (Wildman–Crippen LogP) is 4.27. The van der Waals surface area contributed by atoms with Gasteiger partial charge in [0.1, 0.15) is 0 Å². The lowest BCUT2D eigenvalue weighted by atomic mass is 9.98. The zero-order valence-corrected chi connectivity index (χ0v) is 17.8. The van der Waals surface area contributed by atoms with E-state index in [1.54, 1.807) is 18.2 Å². The summed E-state index contributed by atoms with van der Waals surface area (Å²) in [5, 5.41) is 4.03. The van der Waals surface area contributed by atoms with Gasteiger partial charge in [-0.05, 0) is 55.7 Å². The molecular weight excluding hydrogens is 419 g/mol. The normalized spacial score (nSPS) is 19.2. The number of piperidine rings is 1. The Morgan fingerprint density at radius 2 is 1.82 bits per heavy atom. The zero-order chi connectivity index (χ0) is 20.3. The fourth-order valence-corrected chi connectivity index (χ4v) is 5.31. The Bertz CT molecular complexity index is 948. The Kier molecular flexibility index (Phi) is 6.65. The summed E-state index contributed by atoms with van der Waals surface area (Å²) in [4.78, 5) is 12.9. The molecule has 2 atom stereocenters. The van der Waals surface area contributed by atoms with Crippen molar-refractivity contribution >= 4 is 39.1 Å². The van der Waals surface area contributed by atoms with Crippen LogP contribution in [0, 0.1) is 5.92 Å². The van der Waals surface area contributed by atoms with Crippen molar-refractivity contribution in [2.75, 3.05) is 13.1 Å². The van der Waals surface area contributed by atoms with E-state index in [1.165, 1.54) is 16.4 Å². The van der Waals surface area contributed by atoms with Gasteiger partial charge in [0.05, 0.1) is 16.9 Å². The highest BCUT2D eigenvalue weighted by Gasteiger charge is 2.33. The third-order valence-electron chi connectivity index (χ3n) is 4.94. The first-order chi connectivity index (χ1) is 13.3. The Hall–Kier alpha value is -1.60. The summed E-state index contributed by atoms with van der Waals surface area (Å²) in [7, 11) is -3.66. The minimum Gasteiger partial charge on any atom is -0.349 e. The molecule has 1 saturated heterocycles. The van der Waals surface area contributed by atoms with Gasteiger partial charge in [-0.15, -0.1) is 0 Å². The van der Waals surface area contributed by atoms with Crippen molar-refractivity contribution in [1.29, 1.82) is 0 Å². The molecule has 0 bridgehead atoms. The maximum Gasteiger partial charge on any atom is 0.243 e. The lowest BCUT2D eigenvalue weighted by molar-refractivity contribution is -0.126. The minimum atomic E-state index is -3.66. The van der Waals surface area contributed by atoms with E-state index in [4.69, 9.17) is 23.2 Å². The number of benzene rings is 2. The number of halogens is 2. The van der Waals surface area contributed by atoms with Crippen molar-refractivity contribution in [3.63, 3.8) is 0 Å². The van der Waals surface area contributed by atoms with Crippen LogP contribution in [-0.4, -0.2) is 31.7 Å². The van der Waals surface area contributed by atoms with Crippen LogP contribution in [0.2, 0.25) is 10.0 Å². The summed E-state index contributed by atoms with van der Waals surface area (Å²) < 4.78 is 27.2. The smallest absolute Gasteiger partial charge is 0.243 e. The quantitative estimate of drug-likeness (QED) is 0.754. The number of nitrogens with one attached hydrogen (secondary N) is 1. The number of carbonyl (C=O) groups is 1. The Balaban J connectivity index is 1.69. The number of hydrogen-bond acceptors (Lipinski definition) is 3. The highest BCUT2D eigenvalue weighted by Crippen LogP contribution is 2.27. The van der Waals surface area contributed by atoms with Crippen LogP contribution >= 0.6 is 23.2 Å².